The summed E-state index contributed by atoms with van der Waals surface area (Å²) in [4.78, 5) is 0. The highest BCUT2D eigenvalue weighted by atomic mass is 79.9. The lowest BCUT2D eigenvalue weighted by molar-refractivity contribution is 0.294. The number of benzene rings is 2. The number of methoxy groups -OCH3 is 1. The van der Waals surface area contributed by atoms with Crippen molar-refractivity contribution in [3.63, 3.8) is 0 Å². The molecule has 106 valence electrons. The predicted octanol–water partition coefficient (Wildman–Crippen LogP) is 4.79. The Morgan fingerprint density at radius 2 is 1.50 bits per heavy atom. The minimum absolute atomic E-state index is 0.508. The van der Waals surface area contributed by atoms with E-state index in [4.69, 9.17) is 9.47 Å². The standard InChI is InChI=1S/C17H19BrO2/c1-12-5-7-17(14(8-12)10-18)20-11-15-9-13(2)4-6-16(15)19-3/h4-9H,10-11H2,1-3H3. The Hall–Kier alpha value is -1.48. The van der Waals surface area contributed by atoms with Gasteiger partial charge in [-0.1, -0.05) is 45.3 Å². The molecule has 0 spiro atoms. The number of alkyl halides is 1. The number of ether oxygens (including phenoxy) is 2. The summed E-state index contributed by atoms with van der Waals surface area (Å²) >= 11 is 3.50. The molecule has 0 saturated heterocycles. The van der Waals surface area contributed by atoms with Crippen LogP contribution in [-0.2, 0) is 11.9 Å². The molecule has 0 saturated carbocycles. The summed E-state index contributed by atoms with van der Waals surface area (Å²) in [5, 5.41) is 0.787. The molecule has 0 N–H and O–H groups in total. The van der Waals surface area contributed by atoms with Crippen LogP contribution in [-0.4, -0.2) is 7.11 Å². The molecule has 0 heterocycles. The molecule has 0 aliphatic carbocycles. The number of halogens is 1. The van der Waals surface area contributed by atoms with E-state index in [1.807, 2.05) is 18.2 Å². The van der Waals surface area contributed by atoms with E-state index in [0.717, 1.165) is 28.0 Å². The largest absolute Gasteiger partial charge is 0.496 e. The third-order valence-corrected chi connectivity index (χ3v) is 3.78. The van der Waals surface area contributed by atoms with Gasteiger partial charge in [-0.15, -0.1) is 0 Å². The summed E-state index contributed by atoms with van der Waals surface area (Å²) in [7, 11) is 1.68. The lowest BCUT2D eigenvalue weighted by atomic mass is 10.1. The monoisotopic (exact) mass is 334 g/mol. The van der Waals surface area contributed by atoms with Crippen molar-refractivity contribution in [1.29, 1.82) is 0 Å². The maximum Gasteiger partial charge on any atom is 0.125 e. The third kappa shape index (κ3) is 3.54. The van der Waals surface area contributed by atoms with Crippen LogP contribution in [0.25, 0.3) is 0 Å². The molecule has 0 atom stereocenters. The second-order valence-electron chi connectivity index (χ2n) is 4.85. The van der Waals surface area contributed by atoms with Crippen LogP contribution in [0.5, 0.6) is 11.5 Å². The van der Waals surface area contributed by atoms with Gasteiger partial charge in [-0.3, -0.25) is 0 Å². The molecule has 0 fully saturated rings. The van der Waals surface area contributed by atoms with E-state index in [2.05, 4.69) is 48.0 Å². The van der Waals surface area contributed by atoms with E-state index in [0.29, 0.717) is 6.61 Å². The molecule has 2 nitrogen and oxygen atoms in total. The Morgan fingerprint density at radius 3 is 2.10 bits per heavy atom. The fourth-order valence-corrected chi connectivity index (χ4v) is 2.57. The van der Waals surface area contributed by atoms with Gasteiger partial charge in [0.25, 0.3) is 0 Å². The van der Waals surface area contributed by atoms with Crippen LogP contribution in [0.4, 0.5) is 0 Å². The Morgan fingerprint density at radius 1 is 0.900 bits per heavy atom. The van der Waals surface area contributed by atoms with Crippen molar-refractivity contribution in [3.8, 4) is 11.5 Å². The van der Waals surface area contributed by atoms with Crippen LogP contribution in [0.15, 0.2) is 36.4 Å². The molecular formula is C17H19BrO2. The minimum atomic E-state index is 0.508. The normalized spacial score (nSPS) is 10.4. The highest BCUT2D eigenvalue weighted by molar-refractivity contribution is 9.08. The van der Waals surface area contributed by atoms with Crippen molar-refractivity contribution in [1.82, 2.24) is 0 Å². The molecule has 2 aromatic rings. The Balaban J connectivity index is 2.18. The van der Waals surface area contributed by atoms with Crippen molar-refractivity contribution >= 4 is 15.9 Å². The molecule has 0 aliphatic heterocycles. The summed E-state index contributed by atoms with van der Waals surface area (Å²) < 4.78 is 11.3. The molecule has 3 heteroatoms. The fraction of sp³-hybridized carbons (Fsp3) is 0.294. The van der Waals surface area contributed by atoms with Crippen LogP contribution in [0.1, 0.15) is 22.3 Å². The topological polar surface area (TPSA) is 18.5 Å². The van der Waals surface area contributed by atoms with E-state index in [-0.39, 0.29) is 0 Å². The van der Waals surface area contributed by atoms with Crippen molar-refractivity contribution in [3.05, 3.63) is 58.7 Å². The van der Waals surface area contributed by atoms with Gasteiger partial charge in [0.1, 0.15) is 18.1 Å². The van der Waals surface area contributed by atoms with Crippen molar-refractivity contribution in [2.45, 2.75) is 25.8 Å². The van der Waals surface area contributed by atoms with Crippen LogP contribution < -0.4 is 9.47 Å². The average Bonchev–Trinajstić information content (AvgIpc) is 2.46. The molecule has 0 aliphatic rings. The van der Waals surface area contributed by atoms with Gasteiger partial charge in [0.05, 0.1) is 7.11 Å². The first kappa shape index (κ1) is 14.9. The second-order valence-corrected chi connectivity index (χ2v) is 5.41. The number of aryl methyl sites for hydroxylation is 2. The minimum Gasteiger partial charge on any atom is -0.496 e. The van der Waals surface area contributed by atoms with Crippen LogP contribution in [0, 0.1) is 13.8 Å². The molecule has 2 rings (SSSR count). The number of hydrogen-bond donors (Lipinski definition) is 0. The van der Waals surface area contributed by atoms with Gasteiger partial charge in [0, 0.05) is 16.5 Å². The second kappa shape index (κ2) is 6.80. The lowest BCUT2D eigenvalue weighted by Crippen LogP contribution is -2.01. The van der Waals surface area contributed by atoms with Gasteiger partial charge in [0.2, 0.25) is 0 Å². The van der Waals surface area contributed by atoms with Gasteiger partial charge in [-0.2, -0.15) is 0 Å². The molecule has 0 bridgehead atoms. The van der Waals surface area contributed by atoms with Crippen molar-refractivity contribution in [2.24, 2.45) is 0 Å². The molecule has 20 heavy (non-hydrogen) atoms. The predicted molar refractivity (Wildman–Crippen MR) is 85.9 cm³/mol. The lowest BCUT2D eigenvalue weighted by Gasteiger charge is -2.13. The summed E-state index contributed by atoms with van der Waals surface area (Å²) in [6.45, 7) is 4.66. The van der Waals surface area contributed by atoms with Crippen molar-refractivity contribution < 1.29 is 9.47 Å². The van der Waals surface area contributed by atoms with E-state index < -0.39 is 0 Å². The number of rotatable bonds is 5. The van der Waals surface area contributed by atoms with Gasteiger partial charge >= 0.3 is 0 Å². The van der Waals surface area contributed by atoms with Crippen LogP contribution in [0.2, 0.25) is 0 Å². The summed E-state index contributed by atoms with van der Waals surface area (Å²) in [5.41, 5.74) is 4.67. The molecule has 0 unspecified atom stereocenters. The Kier molecular flexibility index (Phi) is 5.07. The third-order valence-electron chi connectivity index (χ3n) is 3.18. The molecule has 0 radical (unpaired) electrons. The van der Waals surface area contributed by atoms with E-state index in [1.165, 1.54) is 11.1 Å². The van der Waals surface area contributed by atoms with Gasteiger partial charge in [-0.25, -0.2) is 0 Å². The quantitative estimate of drug-likeness (QED) is 0.732. The van der Waals surface area contributed by atoms with E-state index >= 15 is 0 Å². The highest BCUT2D eigenvalue weighted by Gasteiger charge is 2.07. The van der Waals surface area contributed by atoms with Crippen LogP contribution >= 0.6 is 15.9 Å². The van der Waals surface area contributed by atoms with E-state index in [9.17, 15) is 0 Å². The van der Waals surface area contributed by atoms with Crippen molar-refractivity contribution in [2.75, 3.05) is 7.11 Å². The summed E-state index contributed by atoms with van der Waals surface area (Å²) in [5.74, 6) is 1.78. The SMILES string of the molecule is COc1ccc(C)cc1COc1ccc(C)cc1CBr. The maximum absolute atomic E-state index is 5.96. The van der Waals surface area contributed by atoms with Gasteiger partial charge < -0.3 is 9.47 Å². The average molecular weight is 335 g/mol. The highest BCUT2D eigenvalue weighted by Crippen LogP contribution is 2.26. The Bertz CT molecular complexity index is 594. The zero-order chi connectivity index (χ0) is 14.5. The molecule has 0 aromatic heterocycles. The van der Waals surface area contributed by atoms with Crippen LogP contribution in [0.3, 0.4) is 0 Å². The zero-order valence-electron chi connectivity index (χ0n) is 12.1. The Labute approximate surface area is 128 Å². The molecule has 0 amide bonds. The number of hydrogen-bond acceptors (Lipinski definition) is 2. The summed E-state index contributed by atoms with van der Waals surface area (Å²) in [6.07, 6.45) is 0. The van der Waals surface area contributed by atoms with Gasteiger partial charge in [-0.05, 0) is 32.0 Å². The zero-order valence-corrected chi connectivity index (χ0v) is 13.7. The fourth-order valence-electron chi connectivity index (χ4n) is 2.13. The smallest absolute Gasteiger partial charge is 0.125 e. The first-order valence-corrected chi connectivity index (χ1v) is 7.68. The molecule has 2 aromatic carbocycles. The maximum atomic E-state index is 5.96. The van der Waals surface area contributed by atoms with E-state index in [1.54, 1.807) is 7.11 Å². The first-order chi connectivity index (χ1) is 9.63. The summed E-state index contributed by atoms with van der Waals surface area (Å²) in [6, 6.07) is 12.3. The first-order valence-electron chi connectivity index (χ1n) is 6.56. The molecular weight excluding hydrogens is 316 g/mol. The van der Waals surface area contributed by atoms with Gasteiger partial charge in [0.15, 0.2) is 0 Å².